The van der Waals surface area contributed by atoms with Gasteiger partial charge < -0.3 is 10.1 Å². The fraction of sp³-hybridized carbons (Fsp3) is 0.889. The van der Waals surface area contributed by atoms with Crippen molar-refractivity contribution in [3.63, 3.8) is 0 Å². The van der Waals surface area contributed by atoms with Crippen LogP contribution in [0.3, 0.4) is 0 Å². The summed E-state index contributed by atoms with van der Waals surface area (Å²) in [6, 6.07) is 0. The van der Waals surface area contributed by atoms with Crippen LogP contribution >= 0.6 is 0 Å². The predicted molar refractivity (Wildman–Crippen MR) is 58.4 cm³/mol. The first-order valence-electron chi connectivity index (χ1n) is 5.08. The summed E-state index contributed by atoms with van der Waals surface area (Å²) in [4.78, 5) is 10.9. The van der Waals surface area contributed by atoms with Crippen molar-refractivity contribution in [3.8, 4) is 0 Å². The van der Waals surface area contributed by atoms with Gasteiger partial charge in [0.05, 0.1) is 18.9 Å². The summed E-state index contributed by atoms with van der Waals surface area (Å²) in [5, 5.41) is 2.73. The van der Waals surface area contributed by atoms with Crippen molar-refractivity contribution in [2.24, 2.45) is 0 Å². The molecule has 0 bridgehead atoms. The van der Waals surface area contributed by atoms with Crippen LogP contribution < -0.4 is 5.32 Å². The second-order valence-corrected chi connectivity index (χ2v) is 5.44. The number of nitrogens with one attached hydrogen (secondary N) is 1. The third-order valence-electron chi connectivity index (χ3n) is 1.68. The summed E-state index contributed by atoms with van der Waals surface area (Å²) < 4.78 is 27.2. The fourth-order valence-electron chi connectivity index (χ4n) is 1.04. The molecule has 0 aliphatic carbocycles. The molecule has 0 aliphatic heterocycles. The lowest BCUT2D eigenvalue weighted by Crippen LogP contribution is -2.30. The van der Waals surface area contributed by atoms with Crippen LogP contribution in [0, 0.1) is 0 Å². The molecule has 0 aromatic carbocycles. The lowest BCUT2D eigenvalue weighted by Gasteiger charge is -2.05. The number of carbonyl (C=O) groups is 1. The Kier molecular flexibility index (Phi) is 7.33. The zero-order valence-electron chi connectivity index (χ0n) is 9.28. The van der Waals surface area contributed by atoms with E-state index in [0.717, 1.165) is 0 Å². The topological polar surface area (TPSA) is 72.5 Å². The van der Waals surface area contributed by atoms with Gasteiger partial charge in [-0.3, -0.25) is 4.79 Å². The molecule has 0 amide bonds. The molecular formula is C9H19NO4S. The van der Waals surface area contributed by atoms with Gasteiger partial charge in [0.25, 0.3) is 0 Å². The van der Waals surface area contributed by atoms with Gasteiger partial charge in [0, 0.05) is 12.3 Å². The van der Waals surface area contributed by atoms with Gasteiger partial charge in [-0.2, -0.15) is 0 Å². The van der Waals surface area contributed by atoms with Crippen LogP contribution in [-0.2, 0) is 19.4 Å². The molecule has 0 saturated carbocycles. The van der Waals surface area contributed by atoms with Crippen LogP contribution in [0.4, 0.5) is 0 Å². The molecule has 0 aromatic heterocycles. The Hall–Kier alpha value is -0.620. The molecule has 90 valence electrons. The van der Waals surface area contributed by atoms with Crippen LogP contribution in [0.5, 0.6) is 0 Å². The number of ether oxygens (including phenoxy) is 1. The minimum absolute atomic E-state index is 0.0650. The summed E-state index contributed by atoms with van der Waals surface area (Å²) in [6.07, 6.45) is 0.625. The fourth-order valence-corrected chi connectivity index (χ4v) is 2.32. The Morgan fingerprint density at radius 1 is 1.27 bits per heavy atom. The normalized spacial score (nSPS) is 11.3. The first-order chi connectivity index (χ1) is 7.02. The van der Waals surface area contributed by atoms with E-state index >= 15 is 0 Å². The molecule has 1 N–H and O–H groups in total. The summed E-state index contributed by atoms with van der Waals surface area (Å²) in [6.45, 7) is 4.25. The molecule has 6 heteroatoms. The van der Waals surface area contributed by atoms with Gasteiger partial charge in [0.1, 0.15) is 0 Å². The summed E-state index contributed by atoms with van der Waals surface area (Å²) in [5.41, 5.74) is 0. The molecule has 0 rings (SSSR count). The van der Waals surface area contributed by atoms with Gasteiger partial charge in [-0.1, -0.05) is 6.92 Å². The van der Waals surface area contributed by atoms with E-state index in [9.17, 15) is 13.2 Å². The molecule has 0 aliphatic rings. The van der Waals surface area contributed by atoms with E-state index in [-0.39, 0.29) is 24.0 Å². The maximum atomic E-state index is 11.2. The smallest absolute Gasteiger partial charge is 0.319 e. The van der Waals surface area contributed by atoms with Crippen LogP contribution in [0.2, 0.25) is 0 Å². The highest BCUT2D eigenvalue weighted by Crippen LogP contribution is 1.91. The quantitative estimate of drug-likeness (QED) is 0.474. The summed E-state index contributed by atoms with van der Waals surface area (Å²) >= 11 is 0. The summed E-state index contributed by atoms with van der Waals surface area (Å²) in [5.74, 6) is -0.0840. The van der Waals surface area contributed by atoms with Gasteiger partial charge in [-0.25, -0.2) is 8.42 Å². The van der Waals surface area contributed by atoms with Gasteiger partial charge in [0.15, 0.2) is 9.84 Å². The maximum Gasteiger partial charge on any atom is 0.319 e. The average Bonchev–Trinajstić information content (AvgIpc) is 2.13. The Morgan fingerprint density at radius 3 is 2.47 bits per heavy atom. The summed E-state index contributed by atoms with van der Waals surface area (Å²) in [7, 11) is -2.96. The highest BCUT2D eigenvalue weighted by atomic mass is 32.2. The maximum absolute atomic E-state index is 11.2. The third-order valence-corrected chi connectivity index (χ3v) is 3.54. The second-order valence-electron chi connectivity index (χ2n) is 3.13. The average molecular weight is 237 g/mol. The SMILES string of the molecule is CCCS(=O)(=O)CCNCC(=O)OCC. The number of carbonyl (C=O) groups excluding carboxylic acids is 1. The second kappa shape index (κ2) is 7.64. The highest BCUT2D eigenvalue weighted by Gasteiger charge is 2.08. The van der Waals surface area contributed by atoms with E-state index in [1.165, 1.54) is 0 Å². The zero-order chi connectivity index (χ0) is 11.7. The van der Waals surface area contributed by atoms with Crippen LogP contribution in [-0.4, -0.2) is 45.6 Å². The highest BCUT2D eigenvalue weighted by molar-refractivity contribution is 7.91. The van der Waals surface area contributed by atoms with Crippen molar-refractivity contribution >= 4 is 15.8 Å². The van der Waals surface area contributed by atoms with E-state index in [1.54, 1.807) is 6.92 Å². The van der Waals surface area contributed by atoms with E-state index in [1.807, 2.05) is 6.92 Å². The molecule has 15 heavy (non-hydrogen) atoms. The van der Waals surface area contributed by atoms with Gasteiger partial charge in [0.2, 0.25) is 0 Å². The van der Waals surface area contributed by atoms with Crippen molar-refractivity contribution in [1.82, 2.24) is 5.32 Å². The van der Waals surface area contributed by atoms with E-state index in [4.69, 9.17) is 0 Å². The van der Waals surface area contributed by atoms with E-state index in [2.05, 4.69) is 10.1 Å². The molecule has 0 aromatic rings. The monoisotopic (exact) mass is 237 g/mol. The minimum Gasteiger partial charge on any atom is -0.465 e. The molecule has 5 nitrogen and oxygen atoms in total. The standard InChI is InChI=1S/C9H19NO4S/c1-3-6-15(12,13)7-5-10-8-9(11)14-4-2/h10H,3-8H2,1-2H3. The zero-order valence-corrected chi connectivity index (χ0v) is 10.1. The lowest BCUT2D eigenvalue weighted by molar-refractivity contribution is -0.141. The van der Waals surface area contributed by atoms with Gasteiger partial charge in [-0.15, -0.1) is 0 Å². The number of hydrogen-bond donors (Lipinski definition) is 1. The van der Waals surface area contributed by atoms with E-state index < -0.39 is 9.84 Å². The Labute approximate surface area is 91.1 Å². The first kappa shape index (κ1) is 14.4. The van der Waals surface area contributed by atoms with Crippen LogP contribution in [0.25, 0.3) is 0 Å². The number of hydrogen-bond acceptors (Lipinski definition) is 5. The van der Waals surface area contributed by atoms with Crippen molar-refractivity contribution in [3.05, 3.63) is 0 Å². The Morgan fingerprint density at radius 2 is 1.93 bits per heavy atom. The molecule has 0 radical (unpaired) electrons. The van der Waals surface area contributed by atoms with Crippen LogP contribution in [0.15, 0.2) is 0 Å². The Bertz CT molecular complexity index is 274. The minimum atomic E-state index is -2.96. The van der Waals surface area contributed by atoms with Gasteiger partial charge >= 0.3 is 5.97 Å². The molecule has 0 spiro atoms. The third kappa shape index (κ3) is 8.38. The molecule has 0 atom stereocenters. The molecule has 0 heterocycles. The van der Waals surface area contributed by atoms with Gasteiger partial charge in [-0.05, 0) is 13.3 Å². The molecular weight excluding hydrogens is 218 g/mol. The van der Waals surface area contributed by atoms with Crippen molar-refractivity contribution in [2.45, 2.75) is 20.3 Å². The molecule has 0 saturated heterocycles. The number of rotatable bonds is 8. The number of sulfone groups is 1. The predicted octanol–water partition coefficient (Wildman–Crippen LogP) is -0.0361. The Balaban J connectivity index is 3.58. The van der Waals surface area contributed by atoms with Crippen molar-refractivity contribution in [1.29, 1.82) is 0 Å². The largest absolute Gasteiger partial charge is 0.465 e. The number of esters is 1. The first-order valence-corrected chi connectivity index (χ1v) is 6.90. The van der Waals surface area contributed by atoms with Crippen LogP contribution in [0.1, 0.15) is 20.3 Å². The van der Waals surface area contributed by atoms with Crippen molar-refractivity contribution in [2.75, 3.05) is 31.2 Å². The molecule has 0 fully saturated rings. The lowest BCUT2D eigenvalue weighted by atomic mass is 10.6. The molecule has 0 unspecified atom stereocenters. The van der Waals surface area contributed by atoms with Crippen molar-refractivity contribution < 1.29 is 17.9 Å². The van der Waals surface area contributed by atoms with E-state index in [0.29, 0.717) is 19.6 Å².